The molecule has 0 saturated carbocycles. The molecule has 0 radical (unpaired) electrons. The molecule has 2 unspecified atom stereocenters. The Morgan fingerprint density at radius 3 is 1.36 bits per heavy atom. The van der Waals surface area contributed by atoms with Crippen LogP contribution in [-0.2, 0) is 22.7 Å². The molecule has 5 heteroatoms. The maximum absolute atomic E-state index is 9.79. The van der Waals surface area contributed by atoms with Gasteiger partial charge in [-0.2, -0.15) is 0 Å². The first-order valence-corrected chi connectivity index (χ1v) is 7.02. The van der Waals surface area contributed by atoms with Crippen LogP contribution in [0.4, 0.5) is 0 Å². The molecule has 0 saturated heterocycles. The molecule has 22 heavy (non-hydrogen) atoms. The highest BCUT2D eigenvalue weighted by Gasteiger charge is 2.26. The van der Waals surface area contributed by atoms with E-state index in [-0.39, 0.29) is 13.2 Å². The molecule has 2 atom stereocenters. The Balaban J connectivity index is 1.75. The molecular formula is C17H20O5. The first kappa shape index (κ1) is 16.6. The molecule has 2 aromatic carbocycles. The van der Waals surface area contributed by atoms with Crippen molar-refractivity contribution in [2.24, 2.45) is 0 Å². The second-order valence-electron chi connectivity index (χ2n) is 4.86. The Bertz CT molecular complexity index is 482. The fourth-order valence-electron chi connectivity index (χ4n) is 1.85. The van der Waals surface area contributed by atoms with E-state index in [0.717, 1.165) is 11.1 Å². The molecule has 0 aromatic heterocycles. The lowest BCUT2D eigenvalue weighted by Gasteiger charge is -2.23. The summed E-state index contributed by atoms with van der Waals surface area (Å²) in [5.74, 6) is 0. The maximum Gasteiger partial charge on any atom is 0.186 e. The van der Waals surface area contributed by atoms with Crippen LogP contribution in [0.1, 0.15) is 11.1 Å². The third kappa shape index (κ3) is 5.22. The van der Waals surface area contributed by atoms with Gasteiger partial charge in [0.2, 0.25) is 0 Å². The summed E-state index contributed by atoms with van der Waals surface area (Å²) in [7, 11) is 0. The largest absolute Gasteiger partial charge is 0.382 e. The predicted molar refractivity (Wildman–Crippen MR) is 80.5 cm³/mol. The molecule has 0 heterocycles. The third-order valence-corrected chi connectivity index (χ3v) is 3.11. The van der Waals surface area contributed by atoms with Crippen LogP contribution >= 0.6 is 0 Å². The van der Waals surface area contributed by atoms with Crippen molar-refractivity contribution in [1.82, 2.24) is 0 Å². The topological polar surface area (TPSA) is 79.2 Å². The van der Waals surface area contributed by atoms with Gasteiger partial charge in [-0.1, -0.05) is 60.7 Å². The van der Waals surface area contributed by atoms with Gasteiger partial charge in [-0.05, 0) is 11.1 Å². The highest BCUT2D eigenvalue weighted by molar-refractivity contribution is 5.14. The minimum atomic E-state index is -1.55. The Morgan fingerprint density at radius 1 is 0.636 bits per heavy atom. The van der Waals surface area contributed by atoms with Crippen LogP contribution in [0.15, 0.2) is 60.7 Å². The highest BCUT2D eigenvalue weighted by atomic mass is 16.6. The summed E-state index contributed by atoms with van der Waals surface area (Å²) < 4.78 is 10.3. The average molecular weight is 304 g/mol. The fourth-order valence-corrected chi connectivity index (χ4v) is 1.85. The van der Waals surface area contributed by atoms with E-state index >= 15 is 0 Å². The van der Waals surface area contributed by atoms with Gasteiger partial charge in [-0.3, -0.25) is 0 Å². The normalized spacial score (nSPS) is 15.2. The van der Waals surface area contributed by atoms with Crippen molar-refractivity contribution in [3.05, 3.63) is 71.8 Å². The molecule has 118 valence electrons. The lowest BCUT2D eigenvalue weighted by atomic mass is 10.2. The van der Waals surface area contributed by atoms with Crippen molar-refractivity contribution < 1.29 is 24.8 Å². The molecule has 3 N–H and O–H groups in total. The number of aliphatic hydroxyl groups excluding tert-OH is 3. The van der Waals surface area contributed by atoms with E-state index in [1.54, 1.807) is 0 Å². The molecule has 0 aliphatic rings. The molecule has 0 aliphatic heterocycles. The third-order valence-electron chi connectivity index (χ3n) is 3.11. The second-order valence-corrected chi connectivity index (χ2v) is 4.86. The lowest BCUT2D eigenvalue weighted by molar-refractivity contribution is -0.250. The number of aliphatic hydroxyl groups is 3. The van der Waals surface area contributed by atoms with Crippen molar-refractivity contribution in [3.8, 4) is 0 Å². The van der Waals surface area contributed by atoms with Crippen LogP contribution in [0.2, 0.25) is 0 Å². The molecule has 0 fully saturated rings. The van der Waals surface area contributed by atoms with Crippen LogP contribution in [0.25, 0.3) is 0 Å². The van der Waals surface area contributed by atoms with E-state index in [2.05, 4.69) is 0 Å². The first-order valence-electron chi connectivity index (χ1n) is 7.02. The smallest absolute Gasteiger partial charge is 0.186 e. The van der Waals surface area contributed by atoms with E-state index in [9.17, 15) is 15.3 Å². The lowest BCUT2D eigenvalue weighted by Crippen LogP contribution is -2.40. The van der Waals surface area contributed by atoms with Gasteiger partial charge < -0.3 is 24.8 Å². The number of rotatable bonds is 8. The maximum atomic E-state index is 9.79. The summed E-state index contributed by atoms with van der Waals surface area (Å²) in [4.78, 5) is 0. The monoisotopic (exact) mass is 304 g/mol. The van der Waals surface area contributed by atoms with E-state index < -0.39 is 18.7 Å². The summed E-state index contributed by atoms with van der Waals surface area (Å²) in [6, 6.07) is 18.5. The predicted octanol–water partition coefficient (Wildman–Crippen LogP) is 1.42. The molecule has 0 amide bonds. The molecule has 0 bridgehead atoms. The van der Waals surface area contributed by atoms with Gasteiger partial charge in [0.15, 0.2) is 18.7 Å². The Morgan fingerprint density at radius 2 is 1.00 bits per heavy atom. The molecule has 2 aromatic rings. The molecular weight excluding hydrogens is 284 g/mol. The quantitative estimate of drug-likeness (QED) is 0.643. The standard InChI is InChI=1S/C17H20O5/c18-15(16(19)21-11-13-7-3-1-4-8-13)17(20)22-12-14-9-5-2-6-10-14/h1-10,15-20H,11-12H2. The molecule has 5 nitrogen and oxygen atoms in total. The number of ether oxygens (including phenoxy) is 2. The van der Waals surface area contributed by atoms with Crippen LogP contribution in [0.3, 0.4) is 0 Å². The van der Waals surface area contributed by atoms with E-state index in [0.29, 0.717) is 0 Å². The van der Waals surface area contributed by atoms with E-state index in [4.69, 9.17) is 9.47 Å². The minimum absolute atomic E-state index is 0.129. The molecule has 2 rings (SSSR count). The van der Waals surface area contributed by atoms with Crippen molar-refractivity contribution in [1.29, 1.82) is 0 Å². The average Bonchev–Trinajstić information content (AvgIpc) is 2.58. The van der Waals surface area contributed by atoms with Crippen molar-refractivity contribution in [2.75, 3.05) is 0 Å². The van der Waals surface area contributed by atoms with Gasteiger partial charge in [-0.15, -0.1) is 0 Å². The second kappa shape index (κ2) is 8.63. The SMILES string of the molecule is OC(OCc1ccccc1)C(O)C(O)OCc1ccccc1. The van der Waals surface area contributed by atoms with Gasteiger partial charge in [0.05, 0.1) is 13.2 Å². The zero-order valence-electron chi connectivity index (χ0n) is 12.1. The zero-order valence-corrected chi connectivity index (χ0v) is 12.1. The Labute approximate surface area is 129 Å². The summed E-state index contributed by atoms with van der Waals surface area (Å²) >= 11 is 0. The summed E-state index contributed by atoms with van der Waals surface area (Å²) in [6.07, 6.45) is -4.62. The molecule has 0 aliphatic carbocycles. The van der Waals surface area contributed by atoms with Crippen LogP contribution in [0, 0.1) is 0 Å². The summed E-state index contributed by atoms with van der Waals surface area (Å²) in [5.41, 5.74) is 1.71. The van der Waals surface area contributed by atoms with Gasteiger partial charge in [-0.25, -0.2) is 0 Å². The van der Waals surface area contributed by atoms with Crippen molar-refractivity contribution in [2.45, 2.75) is 31.9 Å². The van der Waals surface area contributed by atoms with Crippen molar-refractivity contribution in [3.63, 3.8) is 0 Å². The van der Waals surface area contributed by atoms with Crippen LogP contribution < -0.4 is 0 Å². The van der Waals surface area contributed by atoms with Crippen LogP contribution in [0.5, 0.6) is 0 Å². The minimum Gasteiger partial charge on any atom is -0.382 e. The fraction of sp³-hybridized carbons (Fsp3) is 0.294. The van der Waals surface area contributed by atoms with E-state index in [1.165, 1.54) is 0 Å². The zero-order chi connectivity index (χ0) is 15.8. The number of hydrogen-bond acceptors (Lipinski definition) is 5. The van der Waals surface area contributed by atoms with Crippen molar-refractivity contribution >= 4 is 0 Å². The van der Waals surface area contributed by atoms with Gasteiger partial charge in [0, 0.05) is 0 Å². The Hall–Kier alpha value is -1.76. The molecule has 0 spiro atoms. The van der Waals surface area contributed by atoms with Gasteiger partial charge >= 0.3 is 0 Å². The summed E-state index contributed by atoms with van der Waals surface area (Å²) in [6.45, 7) is 0.259. The van der Waals surface area contributed by atoms with Gasteiger partial charge in [0.25, 0.3) is 0 Å². The first-order chi connectivity index (χ1) is 10.7. The number of benzene rings is 2. The van der Waals surface area contributed by atoms with Gasteiger partial charge in [0.1, 0.15) is 0 Å². The van der Waals surface area contributed by atoms with Crippen LogP contribution in [-0.4, -0.2) is 34.0 Å². The highest BCUT2D eigenvalue weighted by Crippen LogP contribution is 2.10. The van der Waals surface area contributed by atoms with E-state index in [1.807, 2.05) is 60.7 Å². The number of hydrogen-bond donors (Lipinski definition) is 3. The summed E-state index contributed by atoms with van der Waals surface area (Å²) in [5, 5.41) is 29.3. The Kier molecular flexibility index (Phi) is 6.51.